The minimum absolute atomic E-state index is 0. The van der Waals surface area contributed by atoms with E-state index in [1.807, 2.05) is 24.3 Å². The van der Waals surface area contributed by atoms with Gasteiger partial charge in [-0.05, 0) is 42.3 Å². The number of rotatable bonds is 5. The number of benzene rings is 2. The number of halogens is 1. The van der Waals surface area contributed by atoms with Gasteiger partial charge in [-0.3, -0.25) is 9.59 Å². The SMILES string of the molecule is COc1ccc(C2C(C(=O)Nc3ccc(OC)c(N)c3)CCC(=O)N2C)cc1.Cl. The first-order chi connectivity index (χ1) is 13.4. The van der Waals surface area contributed by atoms with E-state index >= 15 is 0 Å². The van der Waals surface area contributed by atoms with Gasteiger partial charge in [0.25, 0.3) is 0 Å². The van der Waals surface area contributed by atoms with Gasteiger partial charge in [0, 0.05) is 19.2 Å². The van der Waals surface area contributed by atoms with Crippen molar-refractivity contribution in [3.8, 4) is 11.5 Å². The average molecular weight is 420 g/mol. The van der Waals surface area contributed by atoms with Crippen LogP contribution >= 0.6 is 12.4 Å². The number of nitrogen functional groups attached to an aromatic ring is 1. The molecule has 2 amide bonds. The third-order valence-corrected chi connectivity index (χ3v) is 5.15. The lowest BCUT2D eigenvalue weighted by atomic mass is 9.84. The molecule has 0 aromatic heterocycles. The fraction of sp³-hybridized carbons (Fsp3) is 0.333. The monoisotopic (exact) mass is 419 g/mol. The number of carbonyl (C=O) groups is 2. The van der Waals surface area contributed by atoms with Crippen LogP contribution in [-0.2, 0) is 9.59 Å². The van der Waals surface area contributed by atoms with Crippen LogP contribution in [0.5, 0.6) is 11.5 Å². The summed E-state index contributed by atoms with van der Waals surface area (Å²) in [6.07, 6.45) is 0.823. The first kappa shape index (κ1) is 22.4. The number of nitrogens with two attached hydrogens (primary N) is 1. The van der Waals surface area contributed by atoms with Gasteiger partial charge in [0.2, 0.25) is 11.8 Å². The lowest BCUT2D eigenvalue weighted by molar-refractivity contribution is -0.140. The van der Waals surface area contributed by atoms with E-state index in [1.165, 1.54) is 7.11 Å². The van der Waals surface area contributed by atoms with E-state index < -0.39 is 0 Å². The van der Waals surface area contributed by atoms with Crippen LogP contribution in [0.4, 0.5) is 11.4 Å². The van der Waals surface area contributed by atoms with Crippen LogP contribution in [-0.4, -0.2) is 38.0 Å². The van der Waals surface area contributed by atoms with Crippen LogP contribution in [0, 0.1) is 5.92 Å². The van der Waals surface area contributed by atoms with Gasteiger partial charge in [0.05, 0.1) is 31.9 Å². The smallest absolute Gasteiger partial charge is 0.229 e. The standard InChI is InChI=1S/C21H25N3O4.ClH/c1-24-19(25)11-9-16(20(24)13-4-7-15(27-2)8-5-13)21(26)23-14-6-10-18(28-3)17(22)12-14;/h4-8,10,12,16,20H,9,11,22H2,1-3H3,(H,23,26);1H. The van der Waals surface area contributed by atoms with E-state index in [0.717, 1.165) is 11.3 Å². The molecule has 0 aliphatic carbocycles. The number of methoxy groups -OCH3 is 2. The molecule has 1 saturated heterocycles. The summed E-state index contributed by atoms with van der Waals surface area (Å²) in [5.41, 5.74) is 7.87. The second-order valence-electron chi connectivity index (χ2n) is 6.81. The molecular formula is C21H26ClN3O4. The number of amides is 2. The largest absolute Gasteiger partial charge is 0.497 e. The number of ether oxygens (including phenoxy) is 2. The summed E-state index contributed by atoms with van der Waals surface area (Å²) in [7, 11) is 4.88. The molecule has 1 aliphatic rings. The summed E-state index contributed by atoms with van der Waals surface area (Å²) in [5.74, 6) is 0.781. The summed E-state index contributed by atoms with van der Waals surface area (Å²) in [4.78, 5) is 27.0. The molecule has 0 bridgehead atoms. The van der Waals surface area contributed by atoms with Crippen molar-refractivity contribution in [3.05, 3.63) is 48.0 Å². The molecule has 1 aliphatic heterocycles. The molecule has 156 valence electrons. The molecule has 2 aromatic rings. The summed E-state index contributed by atoms with van der Waals surface area (Å²) >= 11 is 0. The maximum absolute atomic E-state index is 13.0. The van der Waals surface area contributed by atoms with Crippen molar-refractivity contribution >= 4 is 35.6 Å². The summed E-state index contributed by atoms with van der Waals surface area (Å²) in [5, 5.41) is 2.92. The van der Waals surface area contributed by atoms with Crippen LogP contribution in [0.25, 0.3) is 0 Å². The number of nitrogens with zero attached hydrogens (tertiary/aromatic N) is 1. The lowest BCUT2D eigenvalue weighted by Gasteiger charge is -2.38. The van der Waals surface area contributed by atoms with Crippen molar-refractivity contribution < 1.29 is 19.1 Å². The van der Waals surface area contributed by atoms with Crippen LogP contribution in [0.15, 0.2) is 42.5 Å². The molecule has 1 fully saturated rings. The lowest BCUT2D eigenvalue weighted by Crippen LogP contribution is -2.44. The maximum atomic E-state index is 13.0. The van der Waals surface area contributed by atoms with Gasteiger partial charge in [-0.15, -0.1) is 12.4 Å². The van der Waals surface area contributed by atoms with Gasteiger partial charge in [-0.25, -0.2) is 0 Å². The number of nitrogens with one attached hydrogen (secondary N) is 1. The molecule has 0 spiro atoms. The molecule has 0 radical (unpaired) electrons. The Hall–Kier alpha value is -2.93. The van der Waals surface area contributed by atoms with Crippen LogP contribution in [0.1, 0.15) is 24.4 Å². The number of anilines is 2. The van der Waals surface area contributed by atoms with Crippen molar-refractivity contribution in [2.75, 3.05) is 32.3 Å². The molecule has 8 heteroatoms. The Morgan fingerprint density at radius 2 is 1.83 bits per heavy atom. The molecule has 3 rings (SSSR count). The zero-order valence-electron chi connectivity index (χ0n) is 16.7. The van der Waals surface area contributed by atoms with Gasteiger partial charge in [-0.1, -0.05) is 12.1 Å². The Bertz CT molecular complexity index is 873. The predicted octanol–water partition coefficient (Wildman–Crippen LogP) is 3.26. The summed E-state index contributed by atoms with van der Waals surface area (Å²) in [6, 6.07) is 12.2. The molecule has 2 atom stereocenters. The average Bonchev–Trinajstić information content (AvgIpc) is 2.70. The summed E-state index contributed by atoms with van der Waals surface area (Å²) in [6.45, 7) is 0. The first-order valence-corrected chi connectivity index (χ1v) is 9.08. The van der Waals surface area contributed by atoms with Crippen molar-refractivity contribution in [3.63, 3.8) is 0 Å². The fourth-order valence-corrected chi connectivity index (χ4v) is 3.62. The maximum Gasteiger partial charge on any atom is 0.229 e. The zero-order chi connectivity index (χ0) is 20.3. The minimum Gasteiger partial charge on any atom is -0.497 e. The van der Waals surface area contributed by atoms with Gasteiger partial charge in [0.1, 0.15) is 11.5 Å². The molecular weight excluding hydrogens is 394 g/mol. The highest BCUT2D eigenvalue weighted by molar-refractivity contribution is 5.95. The first-order valence-electron chi connectivity index (χ1n) is 9.08. The van der Waals surface area contributed by atoms with Gasteiger partial charge >= 0.3 is 0 Å². The number of likely N-dealkylation sites (tertiary alicyclic amines) is 1. The summed E-state index contributed by atoms with van der Waals surface area (Å²) < 4.78 is 10.4. The predicted molar refractivity (Wildman–Crippen MR) is 115 cm³/mol. The van der Waals surface area contributed by atoms with Gasteiger partial charge < -0.3 is 25.4 Å². The quantitative estimate of drug-likeness (QED) is 0.725. The second-order valence-corrected chi connectivity index (χ2v) is 6.81. The Balaban J connectivity index is 0.00000300. The van der Waals surface area contributed by atoms with E-state index in [4.69, 9.17) is 15.2 Å². The highest BCUT2D eigenvalue weighted by atomic mass is 35.5. The topological polar surface area (TPSA) is 93.9 Å². The number of hydrogen-bond donors (Lipinski definition) is 2. The molecule has 1 heterocycles. The highest BCUT2D eigenvalue weighted by Gasteiger charge is 2.38. The third kappa shape index (κ3) is 4.74. The number of piperidine rings is 1. The highest BCUT2D eigenvalue weighted by Crippen LogP contribution is 2.37. The van der Waals surface area contributed by atoms with E-state index in [2.05, 4.69) is 5.32 Å². The Morgan fingerprint density at radius 1 is 1.14 bits per heavy atom. The van der Waals surface area contributed by atoms with E-state index in [1.54, 1.807) is 37.3 Å². The van der Waals surface area contributed by atoms with Crippen LogP contribution in [0.3, 0.4) is 0 Å². The van der Waals surface area contributed by atoms with Crippen molar-refractivity contribution in [1.29, 1.82) is 0 Å². The van der Waals surface area contributed by atoms with Gasteiger partial charge in [-0.2, -0.15) is 0 Å². The number of hydrogen-bond acceptors (Lipinski definition) is 5. The second kappa shape index (κ2) is 9.52. The molecule has 7 nitrogen and oxygen atoms in total. The van der Waals surface area contributed by atoms with E-state index in [-0.39, 0.29) is 36.2 Å². The Kier molecular flexibility index (Phi) is 7.34. The van der Waals surface area contributed by atoms with Gasteiger partial charge in [0.15, 0.2) is 0 Å². The molecule has 2 unspecified atom stereocenters. The zero-order valence-corrected chi connectivity index (χ0v) is 17.5. The van der Waals surface area contributed by atoms with E-state index in [9.17, 15) is 9.59 Å². The molecule has 3 N–H and O–H groups in total. The van der Waals surface area contributed by atoms with Crippen molar-refractivity contribution in [2.24, 2.45) is 5.92 Å². The normalized spacial score (nSPS) is 18.6. The molecule has 29 heavy (non-hydrogen) atoms. The molecule has 2 aromatic carbocycles. The van der Waals surface area contributed by atoms with Crippen LogP contribution < -0.4 is 20.5 Å². The Labute approximate surface area is 176 Å². The van der Waals surface area contributed by atoms with Crippen LogP contribution in [0.2, 0.25) is 0 Å². The Morgan fingerprint density at radius 3 is 2.41 bits per heavy atom. The van der Waals surface area contributed by atoms with Crippen molar-refractivity contribution in [2.45, 2.75) is 18.9 Å². The van der Waals surface area contributed by atoms with Crippen molar-refractivity contribution in [1.82, 2.24) is 4.90 Å². The minimum atomic E-state index is -0.376. The molecule has 0 saturated carbocycles. The fourth-order valence-electron chi connectivity index (χ4n) is 3.62. The number of carbonyl (C=O) groups excluding carboxylic acids is 2. The third-order valence-electron chi connectivity index (χ3n) is 5.15. The van der Waals surface area contributed by atoms with E-state index in [0.29, 0.717) is 30.0 Å².